The van der Waals surface area contributed by atoms with E-state index in [1.165, 1.54) is 225 Å². The lowest BCUT2D eigenvalue weighted by Gasteiger charge is -2.21. The number of hydrogen-bond acceptors (Lipinski definition) is 15. The van der Waals surface area contributed by atoms with Crippen molar-refractivity contribution in [1.82, 2.24) is 0 Å². The highest BCUT2D eigenvalue weighted by atomic mass is 31.2. The number of aliphatic hydroxyl groups is 1. The van der Waals surface area contributed by atoms with E-state index < -0.39 is 97.5 Å². The number of ether oxygens (including phenoxy) is 4. The number of phosphoric acid groups is 2. The Morgan fingerprint density at radius 1 is 0.281 bits per heavy atom. The first-order valence-corrected chi connectivity index (χ1v) is 43.1. The lowest BCUT2D eigenvalue weighted by molar-refractivity contribution is -0.161. The smallest absolute Gasteiger partial charge is 0.462 e. The van der Waals surface area contributed by atoms with Crippen LogP contribution in [0.5, 0.6) is 0 Å². The second-order valence-corrected chi connectivity index (χ2v) is 31.1. The van der Waals surface area contributed by atoms with E-state index in [0.29, 0.717) is 25.7 Å². The SMILES string of the molecule is CCCCCCCCCCCCCCCCCCCCCCC(=O)O[C@H](COC(=O)CCCCCCCCCCCCCC(C)C)COP(=O)(O)OC[C@@H](O)COP(=O)(O)OC[C@@H](COC(=O)CCCCCCCCCC)OC(=O)CCCCCCCCCCCCCCCC. The first kappa shape index (κ1) is 94.1. The summed E-state index contributed by atoms with van der Waals surface area (Å²) in [6.45, 7) is 7.28. The van der Waals surface area contributed by atoms with Gasteiger partial charge in [-0.25, -0.2) is 9.13 Å². The first-order valence-electron chi connectivity index (χ1n) is 40.1. The molecule has 3 N–H and O–H groups in total. The van der Waals surface area contributed by atoms with Gasteiger partial charge in [-0.15, -0.1) is 0 Å². The van der Waals surface area contributed by atoms with Gasteiger partial charge in [0.2, 0.25) is 0 Å². The van der Waals surface area contributed by atoms with Crippen LogP contribution < -0.4 is 0 Å². The summed E-state index contributed by atoms with van der Waals surface area (Å²) >= 11 is 0. The fourth-order valence-corrected chi connectivity index (χ4v) is 13.5. The van der Waals surface area contributed by atoms with E-state index in [1.54, 1.807) is 0 Å². The van der Waals surface area contributed by atoms with Gasteiger partial charge in [-0.05, 0) is 31.6 Å². The monoisotopic (exact) mass is 1410 g/mol. The molecule has 0 radical (unpaired) electrons. The van der Waals surface area contributed by atoms with E-state index in [1.807, 2.05) is 0 Å². The largest absolute Gasteiger partial charge is 0.472 e. The third kappa shape index (κ3) is 70.5. The molecule has 0 spiro atoms. The molecule has 19 heteroatoms. The molecule has 0 saturated carbocycles. The molecule has 0 aliphatic rings. The maximum Gasteiger partial charge on any atom is 0.472 e. The van der Waals surface area contributed by atoms with E-state index in [2.05, 4.69) is 34.6 Å². The van der Waals surface area contributed by atoms with Crippen LogP contribution in [0.3, 0.4) is 0 Å². The summed E-state index contributed by atoms with van der Waals surface area (Å²) in [5, 5.41) is 10.6. The Labute approximate surface area is 588 Å². The lowest BCUT2D eigenvalue weighted by atomic mass is 10.0. The van der Waals surface area contributed by atoms with Gasteiger partial charge < -0.3 is 33.8 Å². The highest BCUT2D eigenvalue weighted by Gasteiger charge is 2.30. The molecule has 96 heavy (non-hydrogen) atoms. The molecule has 0 saturated heterocycles. The van der Waals surface area contributed by atoms with Crippen LogP contribution in [-0.4, -0.2) is 96.7 Å². The summed E-state index contributed by atoms with van der Waals surface area (Å²) in [6, 6.07) is 0. The Morgan fingerprint density at radius 2 is 0.479 bits per heavy atom. The minimum atomic E-state index is -4.96. The normalized spacial score (nSPS) is 13.9. The number of unbranched alkanes of at least 4 members (excludes halogenated alkanes) is 49. The standard InChI is InChI=1S/C77H150O17P2/c1-6-9-12-15-18-21-23-25-27-28-29-30-31-32-34-38-43-48-53-58-63-77(82)94-73(67-88-75(80)61-56-51-46-41-39-35-36-40-44-49-54-59-70(4)5)69-92-96(85,86)90-65-71(78)64-89-95(83,84)91-68-72(66-87-74(79)60-55-50-45-20-17-14-11-8-3)93-76(81)62-57-52-47-42-37-33-26-24-22-19-16-13-10-7-2/h70-73,78H,6-69H2,1-5H3,(H,83,84)(H,85,86)/t71-,72+,73+/m0/s1. The molecular formula is C77H150O17P2. The van der Waals surface area contributed by atoms with Crippen LogP contribution in [0.15, 0.2) is 0 Å². The van der Waals surface area contributed by atoms with Gasteiger partial charge in [0.05, 0.1) is 26.4 Å². The van der Waals surface area contributed by atoms with Crippen molar-refractivity contribution in [1.29, 1.82) is 0 Å². The fourth-order valence-electron chi connectivity index (χ4n) is 11.9. The molecule has 0 rings (SSSR count). The van der Waals surface area contributed by atoms with Crippen LogP contribution in [0.1, 0.15) is 407 Å². The number of aliphatic hydroxyl groups excluding tert-OH is 1. The van der Waals surface area contributed by atoms with Crippen LogP contribution in [0.2, 0.25) is 0 Å². The summed E-state index contributed by atoms with van der Waals surface area (Å²) in [5.41, 5.74) is 0. The van der Waals surface area contributed by atoms with Crippen molar-refractivity contribution in [3.05, 3.63) is 0 Å². The number of carbonyl (C=O) groups excluding carboxylic acids is 4. The Balaban J connectivity index is 5.19. The maximum atomic E-state index is 13.1. The third-order valence-corrected chi connectivity index (χ3v) is 19.9. The number of rotatable bonds is 77. The second-order valence-electron chi connectivity index (χ2n) is 28.2. The van der Waals surface area contributed by atoms with Crippen molar-refractivity contribution in [2.45, 2.75) is 425 Å². The van der Waals surface area contributed by atoms with E-state index in [-0.39, 0.29) is 25.7 Å². The summed E-state index contributed by atoms with van der Waals surface area (Å²) in [7, 11) is -9.91. The topological polar surface area (TPSA) is 237 Å². The molecule has 2 unspecified atom stereocenters. The number of phosphoric ester groups is 2. The Hall–Kier alpha value is -1.94. The molecule has 5 atom stereocenters. The van der Waals surface area contributed by atoms with Crippen LogP contribution in [-0.2, 0) is 65.4 Å². The predicted molar refractivity (Wildman–Crippen MR) is 391 cm³/mol. The molecular weight excluding hydrogens is 1260 g/mol. The van der Waals surface area contributed by atoms with E-state index in [4.69, 9.17) is 37.0 Å². The van der Waals surface area contributed by atoms with Crippen molar-refractivity contribution in [3.63, 3.8) is 0 Å². The van der Waals surface area contributed by atoms with Gasteiger partial charge in [-0.3, -0.25) is 37.3 Å². The highest BCUT2D eigenvalue weighted by molar-refractivity contribution is 7.47. The zero-order valence-corrected chi connectivity index (χ0v) is 64.3. The van der Waals surface area contributed by atoms with Gasteiger partial charge in [0.1, 0.15) is 19.3 Å². The molecule has 0 aromatic carbocycles. The Kier molecular flexibility index (Phi) is 68.7. The van der Waals surface area contributed by atoms with Gasteiger partial charge in [-0.2, -0.15) is 0 Å². The fraction of sp³-hybridized carbons (Fsp3) is 0.948. The molecule has 570 valence electrons. The summed E-state index contributed by atoms with van der Waals surface area (Å²) in [6.07, 6.45) is 59.7. The molecule has 0 amide bonds. The summed E-state index contributed by atoms with van der Waals surface area (Å²) in [4.78, 5) is 72.8. The molecule has 0 aromatic heterocycles. The van der Waals surface area contributed by atoms with Crippen molar-refractivity contribution < 1.29 is 80.2 Å². The van der Waals surface area contributed by atoms with Crippen molar-refractivity contribution in [2.24, 2.45) is 5.92 Å². The van der Waals surface area contributed by atoms with Gasteiger partial charge in [0.15, 0.2) is 12.2 Å². The van der Waals surface area contributed by atoms with Crippen LogP contribution >= 0.6 is 15.6 Å². The molecule has 0 heterocycles. The Bertz CT molecular complexity index is 1840. The van der Waals surface area contributed by atoms with Gasteiger partial charge in [-0.1, -0.05) is 356 Å². The minimum absolute atomic E-state index is 0.108. The van der Waals surface area contributed by atoms with Crippen LogP contribution in [0.25, 0.3) is 0 Å². The van der Waals surface area contributed by atoms with Crippen LogP contribution in [0, 0.1) is 5.92 Å². The molecule has 17 nitrogen and oxygen atoms in total. The van der Waals surface area contributed by atoms with E-state index in [0.717, 1.165) is 102 Å². The molecule has 0 fully saturated rings. The van der Waals surface area contributed by atoms with Gasteiger partial charge in [0.25, 0.3) is 0 Å². The summed E-state index contributed by atoms with van der Waals surface area (Å²) < 4.78 is 68.5. The summed E-state index contributed by atoms with van der Waals surface area (Å²) in [5.74, 6) is -1.34. The Morgan fingerprint density at radius 3 is 0.708 bits per heavy atom. The highest BCUT2D eigenvalue weighted by Crippen LogP contribution is 2.45. The zero-order valence-electron chi connectivity index (χ0n) is 62.5. The minimum Gasteiger partial charge on any atom is -0.462 e. The quantitative estimate of drug-likeness (QED) is 0.0222. The van der Waals surface area contributed by atoms with E-state index >= 15 is 0 Å². The first-order chi connectivity index (χ1) is 46.5. The molecule has 0 bridgehead atoms. The number of hydrogen-bond donors (Lipinski definition) is 3. The second kappa shape index (κ2) is 70.1. The van der Waals surface area contributed by atoms with Gasteiger partial charge in [0, 0.05) is 25.7 Å². The van der Waals surface area contributed by atoms with E-state index in [9.17, 15) is 43.2 Å². The molecule has 0 aliphatic heterocycles. The third-order valence-electron chi connectivity index (χ3n) is 18.0. The average Bonchev–Trinajstić information content (AvgIpc) is 1.59. The zero-order chi connectivity index (χ0) is 70.5. The molecule has 0 aliphatic carbocycles. The predicted octanol–water partition coefficient (Wildman–Crippen LogP) is 22.9. The van der Waals surface area contributed by atoms with Crippen LogP contribution in [0.4, 0.5) is 0 Å². The van der Waals surface area contributed by atoms with Crippen molar-refractivity contribution >= 4 is 39.5 Å². The van der Waals surface area contributed by atoms with Crippen molar-refractivity contribution in [2.75, 3.05) is 39.6 Å². The number of esters is 4. The average molecular weight is 1410 g/mol. The van der Waals surface area contributed by atoms with Gasteiger partial charge >= 0.3 is 39.5 Å². The maximum absolute atomic E-state index is 13.1. The number of carbonyl (C=O) groups is 4. The lowest BCUT2D eigenvalue weighted by Crippen LogP contribution is -2.30. The van der Waals surface area contributed by atoms with Crippen molar-refractivity contribution in [3.8, 4) is 0 Å². The molecule has 0 aromatic rings.